The fourth-order valence-corrected chi connectivity index (χ4v) is 1.89. The molecular formula is C15H15NO4. The number of anilines is 1. The number of hydrogen-bond donors (Lipinski definition) is 3. The van der Waals surface area contributed by atoms with Crippen molar-refractivity contribution in [1.82, 2.24) is 0 Å². The average molecular weight is 273 g/mol. The normalized spacial score (nSPS) is 11.8. The Morgan fingerprint density at radius 3 is 2.20 bits per heavy atom. The second kappa shape index (κ2) is 6.08. The highest BCUT2D eigenvalue weighted by Crippen LogP contribution is 2.18. The molecule has 0 spiro atoms. The SMILES string of the molecule is O=C(O)C(Cc1ccc(O)cc1)N(O)c1ccccc1. The number of hydrogen-bond acceptors (Lipinski definition) is 4. The lowest BCUT2D eigenvalue weighted by molar-refractivity contribution is -0.140. The maximum atomic E-state index is 11.3. The lowest BCUT2D eigenvalue weighted by Gasteiger charge is -2.24. The molecular weight excluding hydrogens is 258 g/mol. The first-order valence-corrected chi connectivity index (χ1v) is 6.12. The Morgan fingerprint density at radius 2 is 1.65 bits per heavy atom. The summed E-state index contributed by atoms with van der Waals surface area (Å²) in [6.07, 6.45) is 0.126. The number of carboxylic acids is 1. The number of carboxylic acid groups (broad SMARTS) is 1. The molecule has 2 rings (SSSR count). The van der Waals surface area contributed by atoms with Crippen molar-refractivity contribution in [2.75, 3.05) is 5.06 Å². The molecule has 5 nitrogen and oxygen atoms in total. The van der Waals surface area contributed by atoms with Gasteiger partial charge in [0.05, 0.1) is 5.69 Å². The minimum Gasteiger partial charge on any atom is -0.508 e. The molecule has 0 heterocycles. The van der Waals surface area contributed by atoms with Crippen LogP contribution in [-0.2, 0) is 11.2 Å². The zero-order valence-corrected chi connectivity index (χ0v) is 10.7. The van der Waals surface area contributed by atoms with Crippen LogP contribution in [0.15, 0.2) is 54.6 Å². The van der Waals surface area contributed by atoms with Gasteiger partial charge in [0.2, 0.25) is 0 Å². The van der Waals surface area contributed by atoms with Crippen molar-refractivity contribution in [2.45, 2.75) is 12.5 Å². The van der Waals surface area contributed by atoms with Gasteiger partial charge in [-0.3, -0.25) is 5.21 Å². The highest BCUT2D eigenvalue weighted by molar-refractivity contribution is 5.77. The number of rotatable bonds is 5. The van der Waals surface area contributed by atoms with Crippen molar-refractivity contribution in [3.8, 4) is 5.75 Å². The predicted octanol–water partition coefficient (Wildman–Crippen LogP) is 2.28. The third-order valence-electron chi connectivity index (χ3n) is 2.97. The number of phenols is 1. The molecule has 0 fully saturated rings. The molecule has 1 unspecified atom stereocenters. The van der Waals surface area contributed by atoms with Gasteiger partial charge in [-0.1, -0.05) is 30.3 Å². The van der Waals surface area contributed by atoms with Crippen LogP contribution in [0.1, 0.15) is 5.56 Å². The van der Waals surface area contributed by atoms with E-state index in [4.69, 9.17) is 0 Å². The maximum Gasteiger partial charge on any atom is 0.329 e. The van der Waals surface area contributed by atoms with Crippen molar-refractivity contribution in [1.29, 1.82) is 0 Å². The predicted molar refractivity (Wildman–Crippen MR) is 73.9 cm³/mol. The van der Waals surface area contributed by atoms with Crippen LogP contribution in [0.2, 0.25) is 0 Å². The van der Waals surface area contributed by atoms with Crippen molar-refractivity contribution < 1.29 is 20.2 Å². The van der Waals surface area contributed by atoms with E-state index in [1.807, 2.05) is 0 Å². The van der Waals surface area contributed by atoms with E-state index in [9.17, 15) is 20.2 Å². The standard InChI is InChI=1S/C15H15NO4/c17-13-8-6-11(7-9-13)10-14(15(18)19)16(20)12-4-2-1-3-5-12/h1-9,14,17,20H,10H2,(H,18,19). The van der Waals surface area contributed by atoms with Gasteiger partial charge >= 0.3 is 5.97 Å². The van der Waals surface area contributed by atoms with Gasteiger partial charge in [0.1, 0.15) is 5.75 Å². The molecule has 0 saturated carbocycles. The molecule has 20 heavy (non-hydrogen) atoms. The number of aromatic hydroxyl groups is 1. The molecule has 0 bridgehead atoms. The molecule has 2 aromatic carbocycles. The molecule has 3 N–H and O–H groups in total. The molecule has 0 amide bonds. The zero-order chi connectivity index (χ0) is 14.5. The van der Waals surface area contributed by atoms with Crippen LogP contribution in [0.25, 0.3) is 0 Å². The Labute approximate surface area is 116 Å². The van der Waals surface area contributed by atoms with E-state index in [1.54, 1.807) is 42.5 Å². The molecule has 0 aliphatic heterocycles. The Balaban J connectivity index is 2.19. The first-order chi connectivity index (χ1) is 9.58. The van der Waals surface area contributed by atoms with E-state index in [-0.39, 0.29) is 12.2 Å². The minimum absolute atomic E-state index is 0.115. The van der Waals surface area contributed by atoms with Crippen LogP contribution in [0.3, 0.4) is 0 Å². The molecule has 1 atom stereocenters. The van der Waals surface area contributed by atoms with E-state index < -0.39 is 12.0 Å². The molecule has 104 valence electrons. The lowest BCUT2D eigenvalue weighted by atomic mass is 10.1. The third kappa shape index (κ3) is 3.27. The van der Waals surface area contributed by atoms with Gasteiger partial charge in [-0.15, -0.1) is 0 Å². The second-order valence-electron chi connectivity index (χ2n) is 4.40. The summed E-state index contributed by atoms with van der Waals surface area (Å²) in [6.45, 7) is 0. The summed E-state index contributed by atoms with van der Waals surface area (Å²) in [5, 5.41) is 29.3. The molecule has 0 saturated heterocycles. The van der Waals surface area contributed by atoms with Crippen LogP contribution >= 0.6 is 0 Å². The van der Waals surface area contributed by atoms with Crippen LogP contribution in [0.4, 0.5) is 5.69 Å². The maximum absolute atomic E-state index is 11.3. The van der Waals surface area contributed by atoms with Gasteiger partial charge in [0.25, 0.3) is 0 Å². The summed E-state index contributed by atoms with van der Waals surface area (Å²) in [6, 6.07) is 13.6. The number of hydroxylamine groups is 1. The number of aliphatic carboxylic acids is 1. The van der Waals surface area contributed by atoms with Crippen LogP contribution in [0, 0.1) is 0 Å². The summed E-state index contributed by atoms with van der Waals surface area (Å²) in [5.74, 6) is -1.01. The lowest BCUT2D eigenvalue weighted by Crippen LogP contribution is -2.40. The molecule has 5 heteroatoms. The summed E-state index contributed by atoms with van der Waals surface area (Å²) in [7, 11) is 0. The topological polar surface area (TPSA) is 81.0 Å². The Hall–Kier alpha value is -2.53. The van der Waals surface area contributed by atoms with Crippen LogP contribution < -0.4 is 5.06 Å². The summed E-state index contributed by atoms with van der Waals surface area (Å²) < 4.78 is 0. The van der Waals surface area contributed by atoms with E-state index in [1.165, 1.54) is 12.1 Å². The van der Waals surface area contributed by atoms with Crippen molar-refractivity contribution in [3.05, 3.63) is 60.2 Å². The van der Waals surface area contributed by atoms with Gasteiger partial charge in [0, 0.05) is 6.42 Å². The fraction of sp³-hybridized carbons (Fsp3) is 0.133. The number of para-hydroxylation sites is 1. The fourth-order valence-electron chi connectivity index (χ4n) is 1.89. The molecule has 0 aliphatic carbocycles. The first kappa shape index (κ1) is 13.9. The van der Waals surface area contributed by atoms with Crippen molar-refractivity contribution >= 4 is 11.7 Å². The zero-order valence-electron chi connectivity index (χ0n) is 10.7. The molecule has 0 aliphatic rings. The minimum atomic E-state index is -1.12. The molecule has 2 aromatic rings. The van der Waals surface area contributed by atoms with Crippen molar-refractivity contribution in [2.24, 2.45) is 0 Å². The monoisotopic (exact) mass is 273 g/mol. The van der Waals surface area contributed by atoms with Gasteiger partial charge < -0.3 is 10.2 Å². The molecule has 0 aromatic heterocycles. The molecule has 0 radical (unpaired) electrons. The number of carbonyl (C=O) groups is 1. The van der Waals surface area contributed by atoms with Crippen LogP contribution in [-0.4, -0.2) is 27.4 Å². The summed E-state index contributed by atoms with van der Waals surface area (Å²) in [4.78, 5) is 11.3. The summed E-state index contributed by atoms with van der Waals surface area (Å²) in [5.41, 5.74) is 1.13. The van der Waals surface area contributed by atoms with Gasteiger partial charge in [-0.25, -0.2) is 9.86 Å². The van der Waals surface area contributed by atoms with E-state index in [2.05, 4.69) is 0 Å². The smallest absolute Gasteiger partial charge is 0.329 e. The van der Waals surface area contributed by atoms with E-state index in [0.717, 1.165) is 5.06 Å². The van der Waals surface area contributed by atoms with E-state index >= 15 is 0 Å². The van der Waals surface area contributed by atoms with Gasteiger partial charge in [0.15, 0.2) is 6.04 Å². The Kier molecular flexibility index (Phi) is 4.22. The van der Waals surface area contributed by atoms with E-state index in [0.29, 0.717) is 11.3 Å². The Morgan fingerprint density at radius 1 is 1.05 bits per heavy atom. The largest absolute Gasteiger partial charge is 0.508 e. The third-order valence-corrected chi connectivity index (χ3v) is 2.97. The number of nitrogens with zero attached hydrogens (tertiary/aromatic N) is 1. The Bertz CT molecular complexity index is 568. The van der Waals surface area contributed by atoms with Crippen LogP contribution in [0.5, 0.6) is 5.75 Å². The summed E-state index contributed by atoms with van der Waals surface area (Å²) >= 11 is 0. The number of benzene rings is 2. The number of phenolic OH excluding ortho intramolecular Hbond substituents is 1. The highest BCUT2D eigenvalue weighted by atomic mass is 16.5. The van der Waals surface area contributed by atoms with Gasteiger partial charge in [-0.2, -0.15) is 0 Å². The quantitative estimate of drug-likeness (QED) is 0.728. The van der Waals surface area contributed by atoms with Gasteiger partial charge in [-0.05, 0) is 29.8 Å². The average Bonchev–Trinajstić information content (AvgIpc) is 2.46. The highest BCUT2D eigenvalue weighted by Gasteiger charge is 2.25. The second-order valence-corrected chi connectivity index (χ2v) is 4.40. The van der Waals surface area contributed by atoms with Crippen molar-refractivity contribution in [3.63, 3.8) is 0 Å². The first-order valence-electron chi connectivity index (χ1n) is 6.12.